The highest BCUT2D eigenvalue weighted by molar-refractivity contribution is 6.31. The zero-order valence-corrected chi connectivity index (χ0v) is 17.0. The Morgan fingerprint density at radius 2 is 1.12 bits per heavy atom. The Balaban J connectivity index is 1.68. The van der Waals surface area contributed by atoms with Gasteiger partial charge in [0.15, 0.2) is 11.6 Å². The molecule has 3 aromatic rings. The van der Waals surface area contributed by atoms with Gasteiger partial charge in [-0.2, -0.15) is 0 Å². The number of fused-ring (bicyclic) bond motifs is 3. The summed E-state index contributed by atoms with van der Waals surface area (Å²) in [5.74, 6) is -2.18. The molecule has 7 nitrogen and oxygen atoms in total. The van der Waals surface area contributed by atoms with E-state index in [1.165, 1.54) is 18.2 Å². The Labute approximate surface area is 187 Å². The smallest absolute Gasteiger partial charge is 0.273 e. The first-order valence-corrected chi connectivity index (χ1v) is 10.3. The van der Waals surface area contributed by atoms with Crippen LogP contribution in [-0.2, 0) is 0 Å². The molecule has 0 amide bonds. The van der Waals surface area contributed by atoms with E-state index < -0.39 is 16.6 Å². The lowest BCUT2D eigenvalue weighted by Crippen LogP contribution is -2.36. The molecule has 0 radical (unpaired) electrons. The second kappa shape index (κ2) is 6.67. The summed E-state index contributed by atoms with van der Waals surface area (Å²) in [6.45, 7) is 0. The van der Waals surface area contributed by atoms with Crippen molar-refractivity contribution in [1.29, 1.82) is 0 Å². The van der Waals surface area contributed by atoms with Gasteiger partial charge in [0.2, 0.25) is 5.78 Å². The topological polar surface area (TPSA) is 106 Å². The van der Waals surface area contributed by atoms with Crippen molar-refractivity contribution < 1.29 is 19.3 Å². The molecular weight excluding hydrogens is 420 g/mol. The fourth-order valence-corrected chi connectivity index (χ4v) is 4.99. The molecule has 3 aliphatic rings. The van der Waals surface area contributed by atoms with Crippen molar-refractivity contribution in [2.75, 3.05) is 0 Å². The molecule has 0 fully saturated rings. The number of para-hydroxylation sites is 1. The minimum atomic E-state index is -1.05. The first-order chi connectivity index (χ1) is 16.0. The van der Waals surface area contributed by atoms with Crippen LogP contribution in [0.25, 0.3) is 5.70 Å². The molecular formula is C26H14N2O5. The van der Waals surface area contributed by atoms with E-state index in [0.717, 1.165) is 0 Å². The van der Waals surface area contributed by atoms with Gasteiger partial charge in [-0.05, 0) is 0 Å². The van der Waals surface area contributed by atoms with E-state index in [9.17, 15) is 24.5 Å². The zero-order valence-electron chi connectivity index (χ0n) is 17.0. The van der Waals surface area contributed by atoms with Gasteiger partial charge in [0, 0.05) is 45.0 Å². The summed E-state index contributed by atoms with van der Waals surface area (Å²) in [6, 6.07) is 19.5. The third-order valence-corrected chi connectivity index (χ3v) is 6.38. The summed E-state index contributed by atoms with van der Waals surface area (Å²) < 4.78 is 0. The summed E-state index contributed by atoms with van der Waals surface area (Å²) >= 11 is 0. The Morgan fingerprint density at radius 3 is 1.76 bits per heavy atom. The third-order valence-electron chi connectivity index (χ3n) is 6.38. The van der Waals surface area contributed by atoms with Crippen LogP contribution in [0.2, 0.25) is 0 Å². The van der Waals surface area contributed by atoms with E-state index in [0.29, 0.717) is 16.8 Å². The number of dihydropyridines is 1. The molecule has 1 N–H and O–H groups in total. The van der Waals surface area contributed by atoms with Crippen LogP contribution in [0, 0.1) is 10.1 Å². The summed E-state index contributed by atoms with van der Waals surface area (Å²) in [5.41, 5.74) is 2.27. The van der Waals surface area contributed by atoms with Crippen molar-refractivity contribution in [1.82, 2.24) is 5.32 Å². The Hall–Kier alpha value is -4.65. The molecule has 1 unspecified atom stereocenters. The van der Waals surface area contributed by atoms with Gasteiger partial charge in [-0.1, -0.05) is 66.7 Å². The minimum Gasteiger partial charge on any atom is -0.351 e. The predicted octanol–water partition coefficient (Wildman–Crippen LogP) is 4.22. The van der Waals surface area contributed by atoms with E-state index >= 15 is 0 Å². The highest BCUT2D eigenvalue weighted by Gasteiger charge is 2.48. The molecule has 33 heavy (non-hydrogen) atoms. The molecule has 7 heteroatoms. The third kappa shape index (κ3) is 2.47. The number of carbonyl (C=O) groups is 3. The Morgan fingerprint density at radius 1 is 0.636 bits per heavy atom. The second-order valence-electron chi connectivity index (χ2n) is 8.03. The number of nitro benzene ring substituents is 1. The highest BCUT2D eigenvalue weighted by Crippen LogP contribution is 2.50. The van der Waals surface area contributed by atoms with Gasteiger partial charge in [-0.25, -0.2) is 0 Å². The standard InChI is InChI=1S/C26H14N2O5/c29-24-14-8-2-1-7-13(14)22-20(24)19(17-11-5-6-12-18(17)28(32)33)21-23(27-22)26(31)16-10-4-3-9-15(16)25(21)30/h1-12,19,27H. The molecule has 1 heterocycles. The molecule has 6 rings (SSSR count). The fourth-order valence-electron chi connectivity index (χ4n) is 4.99. The number of carbonyl (C=O) groups excluding carboxylic acids is 3. The zero-order chi connectivity index (χ0) is 22.9. The van der Waals surface area contributed by atoms with Crippen molar-refractivity contribution in [3.8, 4) is 0 Å². The molecule has 0 saturated heterocycles. The van der Waals surface area contributed by atoms with Gasteiger partial charge in [0.1, 0.15) is 0 Å². The number of nitro groups is 1. The van der Waals surface area contributed by atoms with E-state index in [4.69, 9.17) is 0 Å². The first kappa shape index (κ1) is 19.1. The maximum atomic E-state index is 13.7. The normalized spacial score (nSPS) is 18.4. The fraction of sp³-hybridized carbons (Fsp3) is 0.0385. The van der Waals surface area contributed by atoms with Crippen molar-refractivity contribution in [3.05, 3.63) is 128 Å². The molecule has 2 aliphatic carbocycles. The minimum absolute atomic E-state index is 0.0603. The van der Waals surface area contributed by atoms with Gasteiger partial charge in [0.05, 0.1) is 22.2 Å². The van der Waals surface area contributed by atoms with Crippen LogP contribution >= 0.6 is 0 Å². The number of rotatable bonds is 2. The van der Waals surface area contributed by atoms with E-state index in [-0.39, 0.29) is 50.8 Å². The van der Waals surface area contributed by atoms with Crippen LogP contribution in [-0.4, -0.2) is 22.3 Å². The predicted molar refractivity (Wildman–Crippen MR) is 119 cm³/mol. The van der Waals surface area contributed by atoms with Crippen molar-refractivity contribution in [2.24, 2.45) is 0 Å². The van der Waals surface area contributed by atoms with Gasteiger partial charge in [-0.15, -0.1) is 0 Å². The average Bonchev–Trinajstić information content (AvgIpc) is 3.13. The van der Waals surface area contributed by atoms with Gasteiger partial charge >= 0.3 is 0 Å². The molecule has 0 bridgehead atoms. The molecule has 0 aromatic heterocycles. The van der Waals surface area contributed by atoms with Crippen LogP contribution < -0.4 is 5.32 Å². The molecule has 0 spiro atoms. The number of hydrogen-bond donors (Lipinski definition) is 1. The maximum Gasteiger partial charge on any atom is 0.273 e. The summed E-state index contributed by atoms with van der Waals surface area (Å²) in [7, 11) is 0. The van der Waals surface area contributed by atoms with Crippen LogP contribution in [0.3, 0.4) is 0 Å². The van der Waals surface area contributed by atoms with Crippen molar-refractivity contribution in [3.63, 3.8) is 0 Å². The molecule has 1 aliphatic heterocycles. The van der Waals surface area contributed by atoms with E-state index in [1.807, 2.05) is 0 Å². The van der Waals surface area contributed by atoms with Gasteiger partial charge < -0.3 is 5.32 Å². The molecule has 0 saturated carbocycles. The van der Waals surface area contributed by atoms with Crippen LogP contribution in [0.5, 0.6) is 0 Å². The lowest BCUT2D eigenvalue weighted by molar-refractivity contribution is -0.385. The second-order valence-corrected chi connectivity index (χ2v) is 8.03. The SMILES string of the molecule is O=C1C2=C(C(=O)c3ccccc31)C(c1ccccc1[N+](=O)[O-])C1=C(N2)c2ccccc2C1=O. The largest absolute Gasteiger partial charge is 0.351 e. The van der Waals surface area contributed by atoms with Crippen molar-refractivity contribution in [2.45, 2.75) is 5.92 Å². The van der Waals surface area contributed by atoms with Gasteiger partial charge in [-0.3, -0.25) is 24.5 Å². The summed E-state index contributed by atoms with van der Waals surface area (Å²) in [6.07, 6.45) is 0. The van der Waals surface area contributed by atoms with Crippen molar-refractivity contribution >= 4 is 28.7 Å². The number of nitrogens with one attached hydrogen (secondary N) is 1. The quantitative estimate of drug-likeness (QED) is 0.478. The Bertz CT molecular complexity index is 1530. The summed E-state index contributed by atoms with van der Waals surface area (Å²) in [4.78, 5) is 52.0. The monoisotopic (exact) mass is 434 g/mol. The van der Waals surface area contributed by atoms with Crippen LogP contribution in [0.4, 0.5) is 5.69 Å². The van der Waals surface area contributed by atoms with Crippen LogP contribution in [0.1, 0.15) is 48.1 Å². The summed E-state index contributed by atoms with van der Waals surface area (Å²) in [5, 5.41) is 15.0. The van der Waals surface area contributed by atoms with Crippen LogP contribution in [0.15, 0.2) is 89.6 Å². The lowest BCUT2D eigenvalue weighted by atomic mass is 9.72. The molecule has 3 aromatic carbocycles. The Kier molecular flexibility index (Phi) is 3.85. The number of allylic oxidation sites excluding steroid dienone is 3. The number of hydrogen-bond acceptors (Lipinski definition) is 6. The number of benzene rings is 3. The maximum absolute atomic E-state index is 13.7. The number of Topliss-reactive ketones (excluding diaryl/α,β-unsaturated/α-hetero) is 3. The van der Waals surface area contributed by atoms with Gasteiger partial charge in [0.25, 0.3) is 5.69 Å². The lowest BCUT2D eigenvalue weighted by Gasteiger charge is -2.32. The van der Waals surface area contributed by atoms with E-state index in [1.54, 1.807) is 54.6 Å². The molecule has 158 valence electrons. The number of ketones is 3. The first-order valence-electron chi connectivity index (χ1n) is 10.3. The average molecular weight is 434 g/mol. The molecule has 1 atom stereocenters. The number of nitrogens with zero attached hydrogens (tertiary/aromatic N) is 1. The highest BCUT2D eigenvalue weighted by atomic mass is 16.6. The van der Waals surface area contributed by atoms with E-state index in [2.05, 4.69) is 5.32 Å².